The van der Waals surface area contributed by atoms with Crippen LogP contribution in [0.25, 0.3) is 11.3 Å². The summed E-state index contributed by atoms with van der Waals surface area (Å²) in [5, 5.41) is 9.85. The molecule has 4 rings (SSSR count). The van der Waals surface area contributed by atoms with Gasteiger partial charge in [0.1, 0.15) is 17.0 Å². The molecule has 8 nitrogen and oxygen atoms in total. The zero-order chi connectivity index (χ0) is 18.9. The topological polar surface area (TPSA) is 96.5 Å². The van der Waals surface area contributed by atoms with Crippen LogP contribution in [-0.4, -0.2) is 59.4 Å². The zero-order valence-corrected chi connectivity index (χ0v) is 15.2. The highest BCUT2D eigenvalue weighted by Gasteiger charge is 2.42. The van der Waals surface area contributed by atoms with E-state index in [1.165, 1.54) is 0 Å². The van der Waals surface area contributed by atoms with Crippen molar-refractivity contribution in [2.45, 2.75) is 24.9 Å². The highest BCUT2D eigenvalue weighted by atomic mass is 16.6. The van der Waals surface area contributed by atoms with E-state index in [2.05, 4.69) is 15.5 Å². The second-order valence-corrected chi connectivity index (χ2v) is 6.94. The number of H-pyrrole nitrogens is 1. The Balaban J connectivity index is 1.49. The number of benzene rings is 1. The monoisotopic (exact) mass is 370 g/mol. The second kappa shape index (κ2) is 6.94. The summed E-state index contributed by atoms with van der Waals surface area (Å²) in [6, 6.07) is 9.30. The number of nitrogens with one attached hydrogen (secondary N) is 2. The number of carbonyl (C=O) groups is 2. The predicted octanol–water partition coefficient (Wildman–Crippen LogP) is 2.19. The summed E-state index contributed by atoms with van der Waals surface area (Å²) in [7, 11) is 1.61. The maximum Gasteiger partial charge on any atom is 0.407 e. The molecule has 142 valence electrons. The molecule has 2 fully saturated rings. The molecule has 3 heterocycles. The molecule has 27 heavy (non-hydrogen) atoms. The lowest BCUT2D eigenvalue weighted by Gasteiger charge is -2.24. The lowest BCUT2D eigenvalue weighted by atomic mass is 9.95. The number of aromatic amines is 1. The Morgan fingerprint density at radius 1 is 1.30 bits per heavy atom. The third-order valence-electron chi connectivity index (χ3n) is 5.24. The van der Waals surface area contributed by atoms with E-state index in [1.54, 1.807) is 18.1 Å². The van der Waals surface area contributed by atoms with Gasteiger partial charge in [0.05, 0.1) is 19.3 Å². The average molecular weight is 370 g/mol. The Morgan fingerprint density at radius 2 is 2.15 bits per heavy atom. The quantitative estimate of drug-likeness (QED) is 0.863. The summed E-state index contributed by atoms with van der Waals surface area (Å²) >= 11 is 0. The number of carbonyl (C=O) groups excluding carboxylic acids is 2. The molecule has 2 amide bonds. The smallest absolute Gasteiger partial charge is 0.407 e. The third kappa shape index (κ3) is 3.34. The molecule has 1 atom stereocenters. The van der Waals surface area contributed by atoms with Gasteiger partial charge in [-0.05, 0) is 31.0 Å². The lowest BCUT2D eigenvalue weighted by Crippen LogP contribution is -2.36. The van der Waals surface area contributed by atoms with Gasteiger partial charge in [-0.3, -0.25) is 9.89 Å². The van der Waals surface area contributed by atoms with Crippen LogP contribution < -0.4 is 10.1 Å². The summed E-state index contributed by atoms with van der Waals surface area (Å²) < 4.78 is 10.8. The van der Waals surface area contributed by atoms with Gasteiger partial charge in [-0.2, -0.15) is 5.10 Å². The highest BCUT2D eigenvalue weighted by Crippen LogP contribution is 2.31. The third-order valence-corrected chi connectivity index (χ3v) is 5.24. The van der Waals surface area contributed by atoms with E-state index in [4.69, 9.17) is 9.47 Å². The van der Waals surface area contributed by atoms with Crippen molar-refractivity contribution in [3.8, 4) is 17.0 Å². The summed E-state index contributed by atoms with van der Waals surface area (Å²) in [5.74, 6) is 0.605. The molecule has 2 aliphatic heterocycles. The van der Waals surface area contributed by atoms with Crippen LogP contribution in [0.1, 0.15) is 29.8 Å². The molecule has 0 saturated carbocycles. The van der Waals surface area contributed by atoms with Crippen LogP contribution in [0.15, 0.2) is 30.3 Å². The molecule has 0 unspecified atom stereocenters. The number of para-hydroxylation sites is 1. The molecule has 8 heteroatoms. The number of rotatable bonds is 3. The number of methoxy groups -OCH3 is 1. The van der Waals surface area contributed by atoms with Gasteiger partial charge in [0.15, 0.2) is 0 Å². The first kappa shape index (κ1) is 17.4. The van der Waals surface area contributed by atoms with Crippen molar-refractivity contribution < 1.29 is 19.1 Å². The second-order valence-electron chi connectivity index (χ2n) is 6.94. The first-order valence-corrected chi connectivity index (χ1v) is 9.05. The molecule has 2 aromatic rings. The molecule has 1 aromatic heterocycles. The molecule has 2 aliphatic rings. The van der Waals surface area contributed by atoms with Gasteiger partial charge in [0.25, 0.3) is 5.91 Å². The normalized spacial score (nSPS) is 22.3. The van der Waals surface area contributed by atoms with Crippen LogP contribution in [-0.2, 0) is 4.74 Å². The molecule has 2 saturated heterocycles. The van der Waals surface area contributed by atoms with E-state index in [0.29, 0.717) is 43.2 Å². The number of nitrogens with zero attached hydrogens (tertiary/aromatic N) is 2. The standard InChI is InChI=1S/C19H22N4O4/c1-26-16-6-3-2-5-13(16)14-11-15(22-21-14)17(24)23-9-4-7-19(8-10-23)12-20-18(25)27-19/h2-3,5-6,11H,4,7-10,12H2,1H3,(H,20,25)(H,21,22)/t19-/m1/s1. The Bertz CT molecular complexity index is 865. The van der Waals surface area contributed by atoms with Gasteiger partial charge in [-0.15, -0.1) is 0 Å². The van der Waals surface area contributed by atoms with Crippen LogP contribution in [0, 0.1) is 0 Å². The number of alkyl carbamates (subject to hydrolysis) is 1. The molecule has 0 bridgehead atoms. The van der Waals surface area contributed by atoms with Crippen LogP contribution in [0.3, 0.4) is 0 Å². The van der Waals surface area contributed by atoms with E-state index in [1.807, 2.05) is 24.3 Å². The van der Waals surface area contributed by atoms with Crippen molar-refractivity contribution in [3.63, 3.8) is 0 Å². The number of ether oxygens (including phenoxy) is 2. The van der Waals surface area contributed by atoms with E-state index < -0.39 is 5.60 Å². The minimum absolute atomic E-state index is 0.0991. The molecular weight excluding hydrogens is 348 g/mol. The van der Waals surface area contributed by atoms with Crippen molar-refractivity contribution in [3.05, 3.63) is 36.0 Å². The number of amides is 2. The van der Waals surface area contributed by atoms with Gasteiger partial charge in [-0.25, -0.2) is 4.79 Å². The molecule has 0 aliphatic carbocycles. The lowest BCUT2D eigenvalue weighted by molar-refractivity contribution is 0.0438. The van der Waals surface area contributed by atoms with Crippen molar-refractivity contribution in [2.75, 3.05) is 26.7 Å². The van der Waals surface area contributed by atoms with E-state index in [0.717, 1.165) is 18.4 Å². The van der Waals surface area contributed by atoms with Crippen LogP contribution in [0.5, 0.6) is 5.75 Å². The van der Waals surface area contributed by atoms with Crippen molar-refractivity contribution in [1.82, 2.24) is 20.4 Å². The fourth-order valence-corrected chi connectivity index (χ4v) is 3.75. The van der Waals surface area contributed by atoms with Gasteiger partial charge in [-0.1, -0.05) is 12.1 Å². The molecular formula is C19H22N4O4. The van der Waals surface area contributed by atoms with Gasteiger partial charge < -0.3 is 19.7 Å². The number of aromatic nitrogens is 2. The summed E-state index contributed by atoms with van der Waals surface area (Å²) in [6.07, 6.45) is 1.80. The van der Waals surface area contributed by atoms with Gasteiger partial charge >= 0.3 is 6.09 Å². The summed E-state index contributed by atoms with van der Waals surface area (Å²) in [5.41, 5.74) is 1.45. The maximum atomic E-state index is 12.9. The Hall–Kier alpha value is -3.03. The number of hydrogen-bond donors (Lipinski definition) is 2. The van der Waals surface area contributed by atoms with E-state index in [-0.39, 0.29) is 12.0 Å². The Labute approximate surface area is 156 Å². The zero-order valence-electron chi connectivity index (χ0n) is 15.2. The minimum atomic E-state index is -0.483. The van der Waals surface area contributed by atoms with E-state index >= 15 is 0 Å². The summed E-state index contributed by atoms with van der Waals surface area (Å²) in [4.78, 5) is 26.1. The number of likely N-dealkylation sites (tertiary alicyclic amines) is 1. The van der Waals surface area contributed by atoms with Crippen molar-refractivity contribution in [1.29, 1.82) is 0 Å². The van der Waals surface area contributed by atoms with Crippen molar-refractivity contribution in [2.24, 2.45) is 0 Å². The summed E-state index contributed by atoms with van der Waals surface area (Å²) in [6.45, 7) is 1.67. The van der Waals surface area contributed by atoms with Crippen LogP contribution in [0.4, 0.5) is 4.79 Å². The molecule has 0 radical (unpaired) electrons. The minimum Gasteiger partial charge on any atom is -0.496 e. The predicted molar refractivity (Wildman–Crippen MR) is 97.5 cm³/mol. The largest absolute Gasteiger partial charge is 0.496 e. The van der Waals surface area contributed by atoms with Crippen LogP contribution in [0.2, 0.25) is 0 Å². The highest BCUT2D eigenvalue weighted by molar-refractivity contribution is 5.93. The first-order valence-electron chi connectivity index (χ1n) is 9.05. The Morgan fingerprint density at radius 3 is 2.93 bits per heavy atom. The fourth-order valence-electron chi connectivity index (χ4n) is 3.75. The maximum absolute atomic E-state index is 12.9. The average Bonchev–Trinajstić information content (AvgIpc) is 3.25. The molecule has 2 N–H and O–H groups in total. The molecule has 1 spiro atoms. The Kier molecular flexibility index (Phi) is 4.47. The van der Waals surface area contributed by atoms with Crippen LogP contribution >= 0.6 is 0 Å². The van der Waals surface area contributed by atoms with Gasteiger partial charge in [0, 0.05) is 25.1 Å². The fraction of sp³-hybridized carbons (Fsp3) is 0.421. The van der Waals surface area contributed by atoms with Crippen molar-refractivity contribution >= 4 is 12.0 Å². The SMILES string of the molecule is COc1ccccc1-c1cc(C(=O)N2CCC[C@@]3(CC2)CNC(=O)O3)[nH]n1. The molecule has 1 aromatic carbocycles. The van der Waals surface area contributed by atoms with E-state index in [9.17, 15) is 9.59 Å². The van der Waals surface area contributed by atoms with Gasteiger partial charge in [0.2, 0.25) is 0 Å². The first-order chi connectivity index (χ1) is 13.1. The number of hydrogen-bond acceptors (Lipinski definition) is 5.